The molecule has 122 valence electrons. The number of anilines is 1. The molecular formula is C15H13F2NO4S. The lowest BCUT2D eigenvalue weighted by Gasteiger charge is -2.08. The van der Waals surface area contributed by atoms with Gasteiger partial charge in [0.25, 0.3) is 5.91 Å². The van der Waals surface area contributed by atoms with Crippen molar-refractivity contribution in [2.24, 2.45) is 0 Å². The van der Waals surface area contributed by atoms with Gasteiger partial charge in [0.15, 0.2) is 28.1 Å². The van der Waals surface area contributed by atoms with Crippen LogP contribution in [0.1, 0.15) is 0 Å². The normalized spacial score (nSPS) is 11.1. The number of nitrogens with one attached hydrogen (secondary N) is 1. The summed E-state index contributed by atoms with van der Waals surface area (Å²) in [6.07, 6.45) is 1.08. The Kier molecular flexibility index (Phi) is 4.95. The van der Waals surface area contributed by atoms with Crippen molar-refractivity contribution in [2.75, 3.05) is 18.2 Å². The van der Waals surface area contributed by atoms with Crippen LogP contribution in [0.3, 0.4) is 0 Å². The van der Waals surface area contributed by atoms with E-state index in [4.69, 9.17) is 4.74 Å². The van der Waals surface area contributed by atoms with Crippen molar-refractivity contribution in [2.45, 2.75) is 4.90 Å². The van der Waals surface area contributed by atoms with Gasteiger partial charge in [0.1, 0.15) is 5.75 Å². The molecule has 0 spiro atoms. The zero-order valence-electron chi connectivity index (χ0n) is 12.0. The van der Waals surface area contributed by atoms with E-state index in [0.29, 0.717) is 5.75 Å². The topological polar surface area (TPSA) is 72.5 Å². The van der Waals surface area contributed by atoms with Crippen molar-refractivity contribution in [1.82, 2.24) is 0 Å². The lowest BCUT2D eigenvalue weighted by Crippen LogP contribution is -2.20. The smallest absolute Gasteiger partial charge is 0.262 e. The van der Waals surface area contributed by atoms with Crippen molar-refractivity contribution in [3.8, 4) is 5.75 Å². The quantitative estimate of drug-likeness (QED) is 0.906. The summed E-state index contributed by atoms with van der Waals surface area (Å²) in [6, 6.07) is 8.53. The van der Waals surface area contributed by atoms with Gasteiger partial charge in [0.2, 0.25) is 0 Å². The third-order valence-corrected chi connectivity index (χ3v) is 3.95. The molecule has 0 radical (unpaired) electrons. The van der Waals surface area contributed by atoms with E-state index >= 15 is 0 Å². The van der Waals surface area contributed by atoms with Gasteiger partial charge in [-0.2, -0.15) is 0 Å². The molecule has 0 aliphatic carbocycles. The molecule has 0 heterocycles. The lowest BCUT2D eigenvalue weighted by molar-refractivity contribution is -0.118. The Balaban J connectivity index is 1.92. The Labute approximate surface area is 131 Å². The first-order valence-corrected chi connectivity index (χ1v) is 8.32. The van der Waals surface area contributed by atoms with Crippen molar-refractivity contribution in [3.05, 3.63) is 54.1 Å². The predicted octanol–water partition coefficient (Wildman–Crippen LogP) is 2.39. The monoisotopic (exact) mass is 341 g/mol. The number of halogens is 2. The number of ether oxygens (including phenoxy) is 1. The number of hydrogen-bond acceptors (Lipinski definition) is 4. The molecule has 0 atom stereocenters. The van der Waals surface area contributed by atoms with Crippen LogP contribution >= 0.6 is 0 Å². The maximum absolute atomic E-state index is 13.0. The molecule has 0 saturated carbocycles. The van der Waals surface area contributed by atoms with E-state index < -0.39 is 27.4 Å². The van der Waals surface area contributed by atoms with Crippen LogP contribution in [0.15, 0.2) is 47.4 Å². The molecule has 8 heteroatoms. The summed E-state index contributed by atoms with van der Waals surface area (Å²) in [5.41, 5.74) is 0.102. The van der Waals surface area contributed by atoms with Gasteiger partial charge in [-0.3, -0.25) is 4.79 Å². The Hall–Kier alpha value is -2.48. The Morgan fingerprint density at radius 3 is 2.30 bits per heavy atom. The van der Waals surface area contributed by atoms with Crippen molar-refractivity contribution >= 4 is 21.4 Å². The van der Waals surface area contributed by atoms with Gasteiger partial charge >= 0.3 is 0 Å². The Morgan fingerprint density at radius 1 is 1.09 bits per heavy atom. The highest BCUT2D eigenvalue weighted by molar-refractivity contribution is 7.90. The molecule has 0 aliphatic heterocycles. The Bertz CT molecular complexity index is 820. The van der Waals surface area contributed by atoms with Crippen LogP contribution in [-0.4, -0.2) is 27.2 Å². The minimum atomic E-state index is -3.30. The van der Waals surface area contributed by atoms with Crippen LogP contribution < -0.4 is 10.1 Å². The van der Waals surface area contributed by atoms with Gasteiger partial charge in [-0.1, -0.05) is 0 Å². The van der Waals surface area contributed by atoms with Gasteiger partial charge in [0, 0.05) is 18.0 Å². The van der Waals surface area contributed by atoms with Crippen LogP contribution in [0.5, 0.6) is 5.75 Å². The van der Waals surface area contributed by atoms with E-state index in [1.54, 1.807) is 0 Å². The summed E-state index contributed by atoms with van der Waals surface area (Å²) in [6.45, 7) is -0.364. The van der Waals surface area contributed by atoms with E-state index in [0.717, 1.165) is 18.4 Å². The number of hydrogen-bond donors (Lipinski definition) is 1. The largest absolute Gasteiger partial charge is 0.484 e. The van der Waals surface area contributed by atoms with Crippen LogP contribution in [0.2, 0.25) is 0 Å². The summed E-state index contributed by atoms with van der Waals surface area (Å²) >= 11 is 0. The maximum Gasteiger partial charge on any atom is 0.262 e. The molecule has 5 nitrogen and oxygen atoms in total. The van der Waals surface area contributed by atoms with Crippen LogP contribution in [0.4, 0.5) is 14.5 Å². The van der Waals surface area contributed by atoms with Gasteiger partial charge < -0.3 is 10.1 Å². The fraction of sp³-hybridized carbons (Fsp3) is 0.133. The van der Waals surface area contributed by atoms with E-state index in [9.17, 15) is 22.0 Å². The fourth-order valence-electron chi connectivity index (χ4n) is 1.70. The molecule has 2 rings (SSSR count). The van der Waals surface area contributed by atoms with E-state index in [2.05, 4.69) is 5.32 Å². The molecule has 0 saturated heterocycles. The summed E-state index contributed by atoms with van der Waals surface area (Å²) in [7, 11) is -3.30. The number of carbonyl (C=O) groups excluding carboxylic acids is 1. The maximum atomic E-state index is 13.0. The van der Waals surface area contributed by atoms with Gasteiger partial charge in [-0.05, 0) is 36.4 Å². The SMILES string of the molecule is CS(=O)(=O)c1ccc(OCC(=O)Nc2ccc(F)c(F)c2)cc1. The second kappa shape index (κ2) is 6.74. The molecule has 1 N–H and O–H groups in total. The molecule has 0 unspecified atom stereocenters. The molecule has 0 fully saturated rings. The number of rotatable bonds is 5. The number of benzene rings is 2. The first-order valence-electron chi connectivity index (χ1n) is 6.43. The number of carbonyl (C=O) groups is 1. The first-order chi connectivity index (χ1) is 10.8. The highest BCUT2D eigenvalue weighted by Crippen LogP contribution is 2.16. The first kappa shape index (κ1) is 16.9. The molecule has 1 amide bonds. The zero-order chi connectivity index (χ0) is 17.0. The highest BCUT2D eigenvalue weighted by Gasteiger charge is 2.09. The van der Waals surface area contributed by atoms with Crippen molar-refractivity contribution in [1.29, 1.82) is 0 Å². The molecule has 0 aliphatic rings. The molecule has 0 aromatic heterocycles. The van der Waals surface area contributed by atoms with E-state index in [1.807, 2.05) is 0 Å². The minimum Gasteiger partial charge on any atom is -0.484 e. The second-order valence-corrected chi connectivity index (χ2v) is 6.73. The third kappa shape index (κ3) is 4.75. The van der Waals surface area contributed by atoms with Gasteiger partial charge in [-0.25, -0.2) is 17.2 Å². The number of sulfone groups is 1. The average Bonchev–Trinajstić information content (AvgIpc) is 2.48. The second-order valence-electron chi connectivity index (χ2n) is 4.71. The van der Waals surface area contributed by atoms with Crippen LogP contribution in [-0.2, 0) is 14.6 Å². The Morgan fingerprint density at radius 2 is 1.74 bits per heavy atom. The number of amides is 1. The third-order valence-electron chi connectivity index (χ3n) is 2.83. The summed E-state index contributed by atoms with van der Waals surface area (Å²) in [5.74, 6) is -2.34. The van der Waals surface area contributed by atoms with Crippen LogP contribution in [0.25, 0.3) is 0 Å². The average molecular weight is 341 g/mol. The van der Waals surface area contributed by atoms with E-state index in [-0.39, 0.29) is 17.2 Å². The van der Waals surface area contributed by atoms with Crippen molar-refractivity contribution < 1.29 is 26.7 Å². The van der Waals surface area contributed by atoms with Crippen molar-refractivity contribution in [3.63, 3.8) is 0 Å². The standard InChI is InChI=1S/C15H13F2NO4S/c1-23(20,21)12-5-3-11(4-6-12)22-9-15(19)18-10-2-7-13(16)14(17)8-10/h2-8H,9H2,1H3,(H,18,19). The van der Waals surface area contributed by atoms with E-state index in [1.165, 1.54) is 30.3 Å². The molecule has 2 aromatic carbocycles. The predicted molar refractivity (Wildman–Crippen MR) is 80.0 cm³/mol. The van der Waals surface area contributed by atoms with Crippen LogP contribution in [0, 0.1) is 11.6 Å². The summed E-state index contributed by atoms with van der Waals surface area (Å²) in [5, 5.41) is 2.35. The summed E-state index contributed by atoms with van der Waals surface area (Å²) < 4.78 is 53.6. The fourth-order valence-corrected chi connectivity index (χ4v) is 2.33. The summed E-state index contributed by atoms with van der Waals surface area (Å²) in [4.78, 5) is 11.8. The zero-order valence-corrected chi connectivity index (χ0v) is 12.9. The molecular weight excluding hydrogens is 328 g/mol. The highest BCUT2D eigenvalue weighted by atomic mass is 32.2. The molecule has 23 heavy (non-hydrogen) atoms. The van der Waals surface area contributed by atoms with Gasteiger partial charge in [0.05, 0.1) is 4.90 Å². The van der Waals surface area contributed by atoms with Gasteiger partial charge in [-0.15, -0.1) is 0 Å². The minimum absolute atomic E-state index is 0.102. The lowest BCUT2D eigenvalue weighted by atomic mass is 10.3. The molecule has 2 aromatic rings. The molecule has 0 bridgehead atoms.